The van der Waals surface area contributed by atoms with Gasteiger partial charge in [-0.25, -0.2) is 14.0 Å². The number of ether oxygens (including phenoxy) is 1. The third-order valence-electron chi connectivity index (χ3n) is 4.37. The molecule has 0 aliphatic rings. The van der Waals surface area contributed by atoms with Gasteiger partial charge in [-0.2, -0.15) is 0 Å². The van der Waals surface area contributed by atoms with Crippen molar-refractivity contribution in [3.8, 4) is 5.75 Å². The quantitative estimate of drug-likeness (QED) is 0.382. The molecule has 0 unspecified atom stereocenters. The van der Waals surface area contributed by atoms with Gasteiger partial charge in [0, 0.05) is 6.42 Å². The molecule has 0 aliphatic heterocycles. The number of rotatable bonds is 4. The van der Waals surface area contributed by atoms with Crippen LogP contribution in [-0.4, -0.2) is 5.97 Å². The molecule has 0 atom stereocenters. The summed E-state index contributed by atoms with van der Waals surface area (Å²) in [6, 6.07) is 21.6. The van der Waals surface area contributed by atoms with E-state index in [-0.39, 0.29) is 23.3 Å². The van der Waals surface area contributed by atoms with Crippen LogP contribution in [0, 0.1) is 5.82 Å². The lowest BCUT2D eigenvalue weighted by Gasteiger charge is -2.12. The maximum Gasteiger partial charge on any atom is 0.346 e. The van der Waals surface area contributed by atoms with E-state index in [4.69, 9.17) is 9.15 Å². The fourth-order valence-corrected chi connectivity index (χ4v) is 3.00. The molecule has 0 saturated heterocycles. The van der Waals surface area contributed by atoms with Crippen molar-refractivity contribution in [3.05, 3.63) is 112 Å². The number of hydrogen-bond acceptors (Lipinski definition) is 4. The van der Waals surface area contributed by atoms with Crippen molar-refractivity contribution < 1.29 is 18.3 Å². The highest BCUT2D eigenvalue weighted by Crippen LogP contribution is 2.30. The van der Waals surface area contributed by atoms with Crippen LogP contribution in [0.25, 0.3) is 11.0 Å². The molecule has 5 heteroatoms. The molecular formula is C23H15FO4. The average Bonchev–Trinajstić information content (AvgIpc) is 2.71. The largest absolute Gasteiger partial charge is 0.422 e. The summed E-state index contributed by atoms with van der Waals surface area (Å²) >= 11 is 0. The Balaban J connectivity index is 1.85. The molecule has 1 aromatic heterocycles. The van der Waals surface area contributed by atoms with E-state index in [1.165, 1.54) is 18.2 Å². The molecule has 0 bridgehead atoms. The van der Waals surface area contributed by atoms with Crippen molar-refractivity contribution in [3.63, 3.8) is 0 Å². The van der Waals surface area contributed by atoms with E-state index in [0.717, 1.165) is 5.56 Å². The fraction of sp³-hybridized carbons (Fsp3) is 0.0435. The van der Waals surface area contributed by atoms with Crippen LogP contribution >= 0.6 is 0 Å². The summed E-state index contributed by atoms with van der Waals surface area (Å²) in [6.07, 6.45) is 0.216. The monoisotopic (exact) mass is 374 g/mol. The van der Waals surface area contributed by atoms with Gasteiger partial charge in [-0.15, -0.1) is 0 Å². The number of benzene rings is 3. The molecule has 0 N–H and O–H groups in total. The minimum atomic E-state index is -0.872. The zero-order valence-electron chi connectivity index (χ0n) is 14.7. The first kappa shape index (κ1) is 17.7. The van der Waals surface area contributed by atoms with Crippen molar-refractivity contribution >= 4 is 16.9 Å². The van der Waals surface area contributed by atoms with E-state index >= 15 is 0 Å². The van der Waals surface area contributed by atoms with Gasteiger partial charge in [-0.1, -0.05) is 54.6 Å². The van der Waals surface area contributed by atoms with E-state index in [0.29, 0.717) is 11.0 Å². The number of carbonyl (C=O) groups is 1. The van der Waals surface area contributed by atoms with E-state index in [1.807, 2.05) is 30.3 Å². The average molecular weight is 374 g/mol. The summed E-state index contributed by atoms with van der Waals surface area (Å²) in [5, 5.41) is 0.470. The first-order valence-corrected chi connectivity index (χ1v) is 8.69. The van der Waals surface area contributed by atoms with Gasteiger partial charge >= 0.3 is 11.6 Å². The Bertz CT molecular complexity index is 1210. The lowest BCUT2D eigenvalue weighted by atomic mass is 10.0. The zero-order chi connectivity index (χ0) is 19.5. The van der Waals surface area contributed by atoms with Gasteiger partial charge in [0.1, 0.15) is 11.4 Å². The second-order valence-electron chi connectivity index (χ2n) is 6.23. The lowest BCUT2D eigenvalue weighted by Crippen LogP contribution is -2.16. The van der Waals surface area contributed by atoms with Gasteiger partial charge < -0.3 is 9.15 Å². The summed E-state index contributed by atoms with van der Waals surface area (Å²) in [7, 11) is 0. The number of esters is 1. The highest BCUT2D eigenvalue weighted by molar-refractivity contribution is 5.94. The fourth-order valence-electron chi connectivity index (χ4n) is 3.00. The van der Waals surface area contributed by atoms with E-state index in [1.54, 1.807) is 30.3 Å². The van der Waals surface area contributed by atoms with Crippen LogP contribution in [0.3, 0.4) is 0 Å². The van der Waals surface area contributed by atoms with E-state index < -0.39 is 17.4 Å². The maximum atomic E-state index is 14.0. The molecule has 4 rings (SSSR count). The molecule has 3 aromatic carbocycles. The molecule has 0 aliphatic carbocycles. The molecule has 4 aromatic rings. The van der Waals surface area contributed by atoms with Gasteiger partial charge in [-0.05, 0) is 29.8 Å². The van der Waals surface area contributed by atoms with Crippen LogP contribution in [0.2, 0.25) is 0 Å². The minimum Gasteiger partial charge on any atom is -0.422 e. The third kappa shape index (κ3) is 3.42. The Labute approximate surface area is 159 Å². The third-order valence-corrected chi connectivity index (χ3v) is 4.37. The van der Waals surface area contributed by atoms with Crippen LogP contribution in [0.4, 0.5) is 4.39 Å². The predicted molar refractivity (Wildman–Crippen MR) is 103 cm³/mol. The number of fused-ring (bicyclic) bond motifs is 1. The molecule has 28 heavy (non-hydrogen) atoms. The van der Waals surface area contributed by atoms with Gasteiger partial charge in [0.05, 0.1) is 16.5 Å². The normalized spacial score (nSPS) is 10.8. The summed E-state index contributed by atoms with van der Waals surface area (Å²) in [5.41, 5.74) is 0.549. The zero-order valence-corrected chi connectivity index (χ0v) is 14.7. The van der Waals surface area contributed by atoms with E-state index in [2.05, 4.69) is 0 Å². The van der Waals surface area contributed by atoms with Gasteiger partial charge in [0.2, 0.25) is 0 Å². The lowest BCUT2D eigenvalue weighted by molar-refractivity contribution is 0.0730. The predicted octanol–water partition coefficient (Wildman–Crippen LogP) is 4.74. The van der Waals surface area contributed by atoms with E-state index in [9.17, 15) is 14.0 Å². The first-order chi connectivity index (χ1) is 13.6. The number of halogens is 1. The molecule has 1 heterocycles. The highest BCUT2D eigenvalue weighted by atomic mass is 19.1. The molecule has 138 valence electrons. The van der Waals surface area contributed by atoms with Crippen LogP contribution in [0.15, 0.2) is 88.1 Å². The second kappa shape index (κ2) is 7.48. The van der Waals surface area contributed by atoms with Gasteiger partial charge in [0.25, 0.3) is 0 Å². The number of para-hydroxylation sites is 1. The topological polar surface area (TPSA) is 56.5 Å². The molecule has 4 nitrogen and oxygen atoms in total. The SMILES string of the molecule is O=C(Oc1c(Cc2ccccc2)c(=O)oc2ccccc12)c1ccccc1F. The summed E-state index contributed by atoms with van der Waals surface area (Å²) < 4.78 is 24.9. The number of carbonyl (C=O) groups excluding carboxylic acids is 1. The van der Waals surface area contributed by atoms with Crippen LogP contribution in [-0.2, 0) is 6.42 Å². The minimum absolute atomic E-state index is 0.0870. The Hall–Kier alpha value is -3.73. The molecular weight excluding hydrogens is 359 g/mol. The van der Waals surface area contributed by atoms with Crippen molar-refractivity contribution in [2.45, 2.75) is 6.42 Å². The first-order valence-electron chi connectivity index (χ1n) is 8.69. The summed E-state index contributed by atoms with van der Waals surface area (Å²) in [5.74, 6) is -1.48. The molecule has 0 amide bonds. The number of hydrogen-bond donors (Lipinski definition) is 0. The van der Waals surface area contributed by atoms with Crippen LogP contribution in [0.1, 0.15) is 21.5 Å². The van der Waals surface area contributed by atoms with Crippen molar-refractivity contribution in [2.75, 3.05) is 0 Å². The maximum absolute atomic E-state index is 14.0. The van der Waals surface area contributed by atoms with Crippen molar-refractivity contribution in [2.24, 2.45) is 0 Å². The summed E-state index contributed by atoms with van der Waals surface area (Å²) in [4.78, 5) is 25.2. The Morgan fingerprint density at radius 2 is 1.57 bits per heavy atom. The Kier molecular flexibility index (Phi) is 4.72. The molecule has 0 fully saturated rings. The van der Waals surface area contributed by atoms with Gasteiger partial charge in [-0.3, -0.25) is 0 Å². The van der Waals surface area contributed by atoms with Crippen molar-refractivity contribution in [1.29, 1.82) is 0 Å². The Morgan fingerprint density at radius 3 is 2.36 bits per heavy atom. The van der Waals surface area contributed by atoms with Gasteiger partial charge in [0.15, 0.2) is 5.75 Å². The Morgan fingerprint density at radius 1 is 0.893 bits per heavy atom. The molecule has 0 radical (unpaired) electrons. The second-order valence-corrected chi connectivity index (χ2v) is 6.23. The standard InChI is InChI=1S/C23H15FO4/c24-19-12-6-4-10-16(19)22(25)28-21-17-11-5-7-13-20(17)27-23(26)18(21)14-15-8-2-1-3-9-15/h1-13H,14H2. The van der Waals surface area contributed by atoms with Crippen molar-refractivity contribution in [1.82, 2.24) is 0 Å². The van der Waals surface area contributed by atoms with Crippen LogP contribution in [0.5, 0.6) is 5.75 Å². The smallest absolute Gasteiger partial charge is 0.346 e. The highest BCUT2D eigenvalue weighted by Gasteiger charge is 2.21. The van der Waals surface area contributed by atoms with Crippen LogP contribution < -0.4 is 10.4 Å². The summed E-state index contributed by atoms with van der Waals surface area (Å²) in [6.45, 7) is 0. The molecule has 0 saturated carbocycles. The molecule has 0 spiro atoms.